The predicted molar refractivity (Wildman–Crippen MR) is 80.6 cm³/mol. The molecule has 92 valence electrons. The standard InChI is InChI=1S/C14H18OS2/c1-11(2)14(16)15-12(3)17-10-9-13-7-5-4-6-8-13/h4-8,12H,1,9-10H2,2-3H3. The summed E-state index contributed by atoms with van der Waals surface area (Å²) in [6.45, 7) is 7.64. The Morgan fingerprint density at radius 2 is 2.06 bits per heavy atom. The van der Waals surface area contributed by atoms with Crippen molar-refractivity contribution in [1.29, 1.82) is 0 Å². The van der Waals surface area contributed by atoms with Gasteiger partial charge in [0.15, 0.2) is 5.05 Å². The fraction of sp³-hybridized carbons (Fsp3) is 0.357. The van der Waals surface area contributed by atoms with E-state index in [0.29, 0.717) is 5.05 Å². The molecule has 0 fully saturated rings. The third kappa shape index (κ3) is 5.89. The van der Waals surface area contributed by atoms with Gasteiger partial charge in [0.05, 0.1) is 0 Å². The van der Waals surface area contributed by atoms with Gasteiger partial charge in [-0.1, -0.05) is 36.9 Å². The normalized spacial score (nSPS) is 11.9. The molecular weight excluding hydrogens is 248 g/mol. The summed E-state index contributed by atoms with van der Waals surface area (Å²) in [5.74, 6) is 1.03. The van der Waals surface area contributed by atoms with E-state index < -0.39 is 0 Å². The highest BCUT2D eigenvalue weighted by Gasteiger charge is 2.06. The number of hydrogen-bond acceptors (Lipinski definition) is 3. The Morgan fingerprint density at radius 3 is 2.65 bits per heavy atom. The molecule has 0 aliphatic carbocycles. The molecule has 0 heterocycles. The molecule has 0 aliphatic rings. The first kappa shape index (κ1) is 14.3. The number of hydrogen-bond donors (Lipinski definition) is 0. The fourth-order valence-electron chi connectivity index (χ4n) is 1.27. The van der Waals surface area contributed by atoms with Gasteiger partial charge in [-0.3, -0.25) is 0 Å². The number of ether oxygens (including phenoxy) is 1. The first-order valence-electron chi connectivity index (χ1n) is 5.61. The quantitative estimate of drug-likeness (QED) is 0.433. The Bertz CT molecular complexity index is 373. The van der Waals surface area contributed by atoms with E-state index in [0.717, 1.165) is 17.7 Å². The van der Waals surface area contributed by atoms with Crippen LogP contribution in [0.4, 0.5) is 0 Å². The van der Waals surface area contributed by atoms with Crippen LogP contribution < -0.4 is 0 Å². The number of thiocarbonyl (C=S) groups is 1. The third-order valence-electron chi connectivity index (χ3n) is 2.21. The molecule has 1 unspecified atom stereocenters. The van der Waals surface area contributed by atoms with E-state index in [1.165, 1.54) is 5.56 Å². The summed E-state index contributed by atoms with van der Waals surface area (Å²) in [4.78, 5) is 0. The van der Waals surface area contributed by atoms with Crippen LogP contribution in [0.3, 0.4) is 0 Å². The van der Waals surface area contributed by atoms with Gasteiger partial charge in [0.2, 0.25) is 0 Å². The summed E-state index contributed by atoms with van der Waals surface area (Å²) in [7, 11) is 0. The molecule has 1 rings (SSSR count). The lowest BCUT2D eigenvalue weighted by atomic mass is 10.2. The van der Waals surface area contributed by atoms with Crippen molar-refractivity contribution < 1.29 is 4.74 Å². The molecule has 17 heavy (non-hydrogen) atoms. The second kappa shape index (κ2) is 7.51. The molecule has 0 saturated heterocycles. The van der Waals surface area contributed by atoms with Gasteiger partial charge in [-0.05, 0) is 43.6 Å². The lowest BCUT2D eigenvalue weighted by Gasteiger charge is -2.14. The van der Waals surface area contributed by atoms with Crippen molar-refractivity contribution >= 4 is 29.0 Å². The topological polar surface area (TPSA) is 9.23 Å². The van der Waals surface area contributed by atoms with Gasteiger partial charge in [0.1, 0.15) is 5.44 Å². The zero-order valence-electron chi connectivity index (χ0n) is 10.3. The summed E-state index contributed by atoms with van der Waals surface area (Å²) < 4.78 is 5.54. The van der Waals surface area contributed by atoms with E-state index in [4.69, 9.17) is 17.0 Å². The van der Waals surface area contributed by atoms with Crippen molar-refractivity contribution in [3.63, 3.8) is 0 Å². The Morgan fingerprint density at radius 1 is 1.41 bits per heavy atom. The fourth-order valence-corrected chi connectivity index (χ4v) is 2.33. The van der Waals surface area contributed by atoms with Gasteiger partial charge in [0.25, 0.3) is 0 Å². The minimum absolute atomic E-state index is 0.0860. The summed E-state index contributed by atoms with van der Waals surface area (Å²) in [6.07, 6.45) is 1.05. The highest BCUT2D eigenvalue weighted by molar-refractivity contribution is 7.99. The van der Waals surface area contributed by atoms with Crippen LogP contribution >= 0.6 is 24.0 Å². The van der Waals surface area contributed by atoms with Crippen molar-refractivity contribution in [3.8, 4) is 0 Å². The van der Waals surface area contributed by atoms with Gasteiger partial charge in [-0.15, -0.1) is 11.8 Å². The lowest BCUT2D eigenvalue weighted by Crippen LogP contribution is -2.11. The molecule has 1 atom stereocenters. The smallest absolute Gasteiger partial charge is 0.187 e. The molecule has 0 spiro atoms. The summed E-state index contributed by atoms with van der Waals surface area (Å²) in [5, 5.41) is 0.518. The second-order valence-electron chi connectivity index (χ2n) is 3.86. The first-order chi connectivity index (χ1) is 8.09. The highest BCUT2D eigenvalue weighted by Crippen LogP contribution is 2.16. The summed E-state index contributed by atoms with van der Waals surface area (Å²) >= 11 is 6.83. The maximum absolute atomic E-state index is 5.54. The van der Waals surface area contributed by atoms with Gasteiger partial charge >= 0.3 is 0 Å². The number of benzene rings is 1. The zero-order chi connectivity index (χ0) is 12.7. The van der Waals surface area contributed by atoms with E-state index in [2.05, 4.69) is 30.8 Å². The van der Waals surface area contributed by atoms with E-state index >= 15 is 0 Å². The minimum atomic E-state index is 0.0860. The molecule has 0 N–H and O–H groups in total. The van der Waals surface area contributed by atoms with Crippen LogP contribution in [0.2, 0.25) is 0 Å². The van der Waals surface area contributed by atoms with Crippen LogP contribution in [0.5, 0.6) is 0 Å². The van der Waals surface area contributed by atoms with Gasteiger partial charge in [0, 0.05) is 5.75 Å². The molecule has 1 aromatic carbocycles. The predicted octanol–water partition coefficient (Wildman–Crippen LogP) is 4.23. The van der Waals surface area contributed by atoms with Crippen molar-refractivity contribution in [1.82, 2.24) is 0 Å². The minimum Gasteiger partial charge on any atom is -0.469 e. The zero-order valence-corrected chi connectivity index (χ0v) is 11.9. The van der Waals surface area contributed by atoms with E-state index in [-0.39, 0.29) is 5.44 Å². The molecule has 0 amide bonds. The summed E-state index contributed by atoms with van der Waals surface area (Å²) in [5.41, 5.74) is 2.26. The van der Waals surface area contributed by atoms with Gasteiger partial charge in [-0.2, -0.15) is 0 Å². The molecule has 1 nitrogen and oxygen atoms in total. The SMILES string of the molecule is C=C(C)C(=S)OC(C)SCCc1ccccc1. The largest absolute Gasteiger partial charge is 0.469 e. The van der Waals surface area contributed by atoms with Crippen LogP contribution in [0.1, 0.15) is 19.4 Å². The molecule has 0 aromatic heterocycles. The number of aryl methyl sites for hydroxylation is 1. The highest BCUT2D eigenvalue weighted by atomic mass is 32.2. The van der Waals surface area contributed by atoms with Crippen molar-refractivity contribution in [2.75, 3.05) is 5.75 Å². The molecule has 3 heteroatoms. The van der Waals surface area contributed by atoms with E-state index in [1.54, 1.807) is 11.8 Å². The average Bonchev–Trinajstić information content (AvgIpc) is 2.30. The van der Waals surface area contributed by atoms with Crippen LogP contribution in [-0.4, -0.2) is 16.2 Å². The Kier molecular flexibility index (Phi) is 6.30. The van der Waals surface area contributed by atoms with E-state index in [1.807, 2.05) is 19.9 Å². The van der Waals surface area contributed by atoms with E-state index in [9.17, 15) is 0 Å². The van der Waals surface area contributed by atoms with Crippen molar-refractivity contribution in [3.05, 3.63) is 48.0 Å². The monoisotopic (exact) mass is 266 g/mol. The Hall–Kier alpha value is -0.800. The number of thioether (sulfide) groups is 1. The van der Waals surface area contributed by atoms with Crippen molar-refractivity contribution in [2.45, 2.75) is 25.7 Å². The third-order valence-corrected chi connectivity index (χ3v) is 3.66. The molecule has 0 radical (unpaired) electrons. The van der Waals surface area contributed by atoms with Gasteiger partial charge in [-0.25, -0.2) is 0 Å². The molecular formula is C14H18OS2. The molecule has 0 saturated carbocycles. The van der Waals surface area contributed by atoms with Crippen LogP contribution in [-0.2, 0) is 11.2 Å². The summed E-state index contributed by atoms with van der Waals surface area (Å²) in [6, 6.07) is 10.5. The lowest BCUT2D eigenvalue weighted by molar-refractivity contribution is 0.303. The Balaban J connectivity index is 2.23. The van der Waals surface area contributed by atoms with Crippen LogP contribution in [0.15, 0.2) is 42.5 Å². The molecule has 0 bridgehead atoms. The second-order valence-corrected chi connectivity index (χ2v) is 5.64. The Labute approximate surface area is 113 Å². The maximum Gasteiger partial charge on any atom is 0.187 e. The van der Waals surface area contributed by atoms with Crippen LogP contribution in [0, 0.1) is 0 Å². The van der Waals surface area contributed by atoms with Crippen LogP contribution in [0.25, 0.3) is 0 Å². The molecule has 1 aromatic rings. The first-order valence-corrected chi connectivity index (χ1v) is 7.07. The average molecular weight is 266 g/mol. The van der Waals surface area contributed by atoms with Crippen molar-refractivity contribution in [2.24, 2.45) is 0 Å². The molecule has 0 aliphatic heterocycles. The van der Waals surface area contributed by atoms with Gasteiger partial charge < -0.3 is 4.74 Å². The number of rotatable bonds is 6. The maximum atomic E-state index is 5.54.